The molecule has 0 fully saturated rings. The standard InChI is InChI=1S/C20H24BrN2O3/c1-12(2)10-11-22-20(26)18(13(3)24)23-19(25)16-9-8-14-6-4-5-7-15(14)17(16)21/h4-9,11-13,18,24H,10H2,1-3H3,(H,22,26)(H,23,25)/t13-,18+/m1/s1. The molecule has 5 nitrogen and oxygen atoms in total. The molecule has 6 heteroatoms. The Bertz CT molecular complexity index is 790. The van der Waals surface area contributed by atoms with Gasteiger partial charge in [0, 0.05) is 11.0 Å². The fourth-order valence-electron chi connectivity index (χ4n) is 2.52. The lowest BCUT2D eigenvalue weighted by atomic mass is 10.1. The van der Waals surface area contributed by atoms with Gasteiger partial charge in [-0.05, 0) is 52.0 Å². The first-order valence-electron chi connectivity index (χ1n) is 8.59. The summed E-state index contributed by atoms with van der Waals surface area (Å²) in [5.74, 6) is -0.457. The van der Waals surface area contributed by atoms with Gasteiger partial charge in [-0.3, -0.25) is 9.59 Å². The molecule has 0 unspecified atom stereocenters. The normalized spacial score (nSPS) is 13.5. The molecule has 0 saturated heterocycles. The van der Waals surface area contributed by atoms with Crippen molar-refractivity contribution in [3.63, 3.8) is 0 Å². The number of carbonyl (C=O) groups is 2. The van der Waals surface area contributed by atoms with Crippen molar-refractivity contribution in [2.45, 2.75) is 39.3 Å². The van der Waals surface area contributed by atoms with Gasteiger partial charge in [-0.15, -0.1) is 0 Å². The molecule has 0 aliphatic carbocycles. The summed E-state index contributed by atoms with van der Waals surface area (Å²) in [6, 6.07) is 10.2. The van der Waals surface area contributed by atoms with Crippen LogP contribution in [0.3, 0.4) is 0 Å². The van der Waals surface area contributed by atoms with E-state index in [4.69, 9.17) is 0 Å². The highest BCUT2D eigenvalue weighted by atomic mass is 79.9. The van der Waals surface area contributed by atoms with E-state index in [1.54, 1.807) is 12.6 Å². The largest absolute Gasteiger partial charge is 0.391 e. The SMILES string of the molecule is CC(C)C[CH]NC(=O)[C@@H](NC(=O)c1ccc2ccccc2c1Br)[C@@H](C)O. The highest BCUT2D eigenvalue weighted by molar-refractivity contribution is 9.10. The number of aliphatic hydroxyl groups excluding tert-OH is 1. The number of halogens is 1. The molecule has 0 aromatic heterocycles. The van der Waals surface area contributed by atoms with E-state index < -0.39 is 24.0 Å². The van der Waals surface area contributed by atoms with E-state index in [9.17, 15) is 14.7 Å². The molecular weight excluding hydrogens is 396 g/mol. The van der Waals surface area contributed by atoms with Crippen molar-refractivity contribution < 1.29 is 14.7 Å². The Hall–Kier alpha value is -1.92. The number of nitrogens with one attached hydrogen (secondary N) is 2. The van der Waals surface area contributed by atoms with Crippen LogP contribution in [0.2, 0.25) is 0 Å². The van der Waals surface area contributed by atoms with Gasteiger partial charge in [0.2, 0.25) is 5.91 Å². The predicted octanol–water partition coefficient (Wildman–Crippen LogP) is 3.41. The molecule has 2 rings (SSSR count). The second-order valence-corrected chi connectivity index (χ2v) is 7.48. The van der Waals surface area contributed by atoms with Gasteiger partial charge in [-0.25, -0.2) is 0 Å². The number of rotatable bonds is 7. The van der Waals surface area contributed by atoms with Crippen molar-refractivity contribution >= 4 is 38.5 Å². The fourth-order valence-corrected chi connectivity index (χ4v) is 3.19. The number of fused-ring (bicyclic) bond motifs is 1. The number of aliphatic hydroxyl groups is 1. The van der Waals surface area contributed by atoms with Gasteiger partial charge < -0.3 is 15.7 Å². The molecule has 0 aliphatic heterocycles. The second kappa shape index (κ2) is 9.14. The predicted molar refractivity (Wildman–Crippen MR) is 106 cm³/mol. The van der Waals surface area contributed by atoms with Gasteiger partial charge in [0.1, 0.15) is 6.04 Å². The quantitative estimate of drug-likeness (QED) is 0.643. The van der Waals surface area contributed by atoms with Crippen LogP contribution in [0.5, 0.6) is 0 Å². The maximum absolute atomic E-state index is 12.7. The van der Waals surface area contributed by atoms with Crippen molar-refractivity contribution in [2.75, 3.05) is 0 Å². The van der Waals surface area contributed by atoms with Crippen LogP contribution < -0.4 is 10.6 Å². The van der Waals surface area contributed by atoms with Gasteiger partial charge >= 0.3 is 0 Å². The summed E-state index contributed by atoms with van der Waals surface area (Å²) in [5, 5.41) is 17.1. The Morgan fingerprint density at radius 3 is 2.50 bits per heavy atom. The van der Waals surface area contributed by atoms with E-state index in [1.807, 2.05) is 44.2 Å². The Balaban J connectivity index is 2.15. The molecule has 0 saturated carbocycles. The van der Waals surface area contributed by atoms with E-state index >= 15 is 0 Å². The van der Waals surface area contributed by atoms with E-state index in [2.05, 4.69) is 26.6 Å². The van der Waals surface area contributed by atoms with Crippen molar-refractivity contribution in [3.05, 3.63) is 53.0 Å². The third-order valence-corrected chi connectivity index (χ3v) is 4.85. The molecule has 2 aromatic carbocycles. The summed E-state index contributed by atoms with van der Waals surface area (Å²) >= 11 is 3.47. The zero-order chi connectivity index (χ0) is 19.3. The summed E-state index contributed by atoms with van der Waals surface area (Å²) in [7, 11) is 0. The maximum Gasteiger partial charge on any atom is 0.253 e. The first-order chi connectivity index (χ1) is 12.3. The first kappa shape index (κ1) is 20.4. The van der Waals surface area contributed by atoms with Crippen LogP contribution in [0.4, 0.5) is 0 Å². The lowest BCUT2D eigenvalue weighted by Gasteiger charge is -2.21. The molecule has 3 N–H and O–H groups in total. The molecule has 26 heavy (non-hydrogen) atoms. The van der Waals surface area contributed by atoms with Gasteiger partial charge in [-0.1, -0.05) is 44.2 Å². The first-order valence-corrected chi connectivity index (χ1v) is 9.38. The third kappa shape index (κ3) is 5.05. The van der Waals surface area contributed by atoms with Crippen LogP contribution in [-0.2, 0) is 4.79 Å². The van der Waals surface area contributed by atoms with E-state index in [-0.39, 0.29) is 0 Å². The minimum absolute atomic E-state index is 0.406. The van der Waals surface area contributed by atoms with Crippen LogP contribution in [0, 0.1) is 12.5 Å². The van der Waals surface area contributed by atoms with Crippen LogP contribution in [0.25, 0.3) is 10.8 Å². The van der Waals surface area contributed by atoms with Gasteiger partial charge in [0.15, 0.2) is 0 Å². The molecule has 139 valence electrons. The lowest BCUT2D eigenvalue weighted by Crippen LogP contribution is -2.52. The Labute approximate surface area is 162 Å². The van der Waals surface area contributed by atoms with Crippen molar-refractivity contribution in [3.8, 4) is 0 Å². The molecular formula is C20H24BrN2O3. The summed E-state index contributed by atoms with van der Waals surface area (Å²) < 4.78 is 0.657. The van der Waals surface area contributed by atoms with Crippen LogP contribution in [-0.4, -0.2) is 29.1 Å². The highest BCUT2D eigenvalue weighted by Gasteiger charge is 2.26. The van der Waals surface area contributed by atoms with Crippen LogP contribution >= 0.6 is 15.9 Å². The molecule has 0 aliphatic rings. The van der Waals surface area contributed by atoms with E-state index in [0.29, 0.717) is 22.4 Å². The molecule has 2 amide bonds. The van der Waals surface area contributed by atoms with E-state index in [0.717, 1.165) is 10.8 Å². The Morgan fingerprint density at radius 2 is 1.85 bits per heavy atom. The number of carbonyl (C=O) groups excluding carboxylic acids is 2. The average molecular weight is 420 g/mol. The number of benzene rings is 2. The average Bonchev–Trinajstić information content (AvgIpc) is 2.59. The van der Waals surface area contributed by atoms with Crippen molar-refractivity contribution in [1.82, 2.24) is 10.6 Å². The highest BCUT2D eigenvalue weighted by Crippen LogP contribution is 2.27. The molecule has 0 heterocycles. The number of hydrogen-bond acceptors (Lipinski definition) is 3. The van der Waals surface area contributed by atoms with Gasteiger partial charge in [0.25, 0.3) is 5.91 Å². The van der Waals surface area contributed by atoms with Gasteiger partial charge in [0.05, 0.1) is 11.7 Å². The van der Waals surface area contributed by atoms with Crippen LogP contribution in [0.15, 0.2) is 40.9 Å². The zero-order valence-corrected chi connectivity index (χ0v) is 16.7. The van der Waals surface area contributed by atoms with Crippen molar-refractivity contribution in [1.29, 1.82) is 0 Å². The maximum atomic E-state index is 12.7. The molecule has 2 aromatic rings. The minimum atomic E-state index is -1.04. The second-order valence-electron chi connectivity index (χ2n) is 6.68. The Kier molecular flexibility index (Phi) is 7.17. The summed E-state index contributed by atoms with van der Waals surface area (Å²) in [5.41, 5.74) is 0.410. The zero-order valence-electron chi connectivity index (χ0n) is 15.1. The van der Waals surface area contributed by atoms with E-state index in [1.165, 1.54) is 6.92 Å². The summed E-state index contributed by atoms with van der Waals surface area (Å²) in [4.78, 5) is 25.0. The smallest absolute Gasteiger partial charge is 0.253 e. The third-order valence-electron chi connectivity index (χ3n) is 3.99. The molecule has 1 radical (unpaired) electrons. The fraction of sp³-hybridized carbons (Fsp3) is 0.350. The molecule has 0 bridgehead atoms. The summed E-state index contributed by atoms with van der Waals surface area (Å²) in [6.07, 6.45) is -0.312. The van der Waals surface area contributed by atoms with Gasteiger partial charge in [-0.2, -0.15) is 0 Å². The summed E-state index contributed by atoms with van der Waals surface area (Å²) in [6.45, 7) is 7.20. The monoisotopic (exact) mass is 419 g/mol. The topological polar surface area (TPSA) is 78.4 Å². The number of amides is 2. The molecule has 2 atom stereocenters. The molecule has 0 spiro atoms. The number of hydrogen-bond donors (Lipinski definition) is 3. The van der Waals surface area contributed by atoms with Crippen molar-refractivity contribution in [2.24, 2.45) is 5.92 Å². The lowest BCUT2D eigenvalue weighted by molar-refractivity contribution is -0.124. The Morgan fingerprint density at radius 1 is 1.15 bits per heavy atom. The minimum Gasteiger partial charge on any atom is -0.391 e. The van der Waals surface area contributed by atoms with Crippen LogP contribution in [0.1, 0.15) is 37.6 Å².